The van der Waals surface area contributed by atoms with E-state index in [2.05, 4.69) is 12.6 Å². The van der Waals surface area contributed by atoms with Crippen LogP contribution in [0.5, 0.6) is 0 Å². The molecule has 2 unspecified atom stereocenters. The van der Waals surface area contributed by atoms with E-state index < -0.39 is 0 Å². The Morgan fingerprint density at radius 3 is 1.57 bits per heavy atom. The molecule has 0 aliphatic heterocycles. The Hall–Kier alpha value is 1.19. The van der Waals surface area contributed by atoms with Gasteiger partial charge in [0.2, 0.25) is 0 Å². The Labute approximate surface area is 69.0 Å². The van der Waals surface area contributed by atoms with Crippen molar-refractivity contribution in [3.63, 3.8) is 0 Å². The molecule has 0 aliphatic rings. The zero-order valence-corrected chi connectivity index (χ0v) is 8.87. The minimum absolute atomic E-state index is 0. The largest absolute Gasteiger partial charge is 3.00 e. The average Bonchev–Trinajstić information content (AvgIpc) is 1.36. The van der Waals surface area contributed by atoms with Crippen molar-refractivity contribution in [2.75, 3.05) is 0 Å². The third-order valence-corrected chi connectivity index (χ3v) is 1.13. The zero-order valence-electron chi connectivity index (χ0n) is 4.50. The van der Waals surface area contributed by atoms with E-state index in [0.717, 1.165) is 0 Å². The van der Waals surface area contributed by atoms with Crippen LogP contribution in [-0.2, 0) is 0 Å². The van der Waals surface area contributed by atoms with Crippen molar-refractivity contribution >= 4 is 38.8 Å². The van der Waals surface area contributed by atoms with Gasteiger partial charge in [0, 0.05) is 5.25 Å². The number of thiol groups is 1. The van der Waals surface area contributed by atoms with Crippen molar-refractivity contribution < 1.29 is 5.11 Å². The van der Waals surface area contributed by atoms with E-state index in [1.807, 2.05) is 6.92 Å². The molecule has 0 amide bonds. The molecular formula is C4H10BiOS+3. The van der Waals surface area contributed by atoms with Crippen LogP contribution in [0.1, 0.15) is 13.8 Å². The topological polar surface area (TPSA) is 20.2 Å². The maximum absolute atomic E-state index is 8.55. The van der Waals surface area contributed by atoms with Crippen molar-refractivity contribution in [2.24, 2.45) is 0 Å². The van der Waals surface area contributed by atoms with Crippen LogP contribution < -0.4 is 0 Å². The summed E-state index contributed by atoms with van der Waals surface area (Å²) in [5.41, 5.74) is 0. The average molecular weight is 315 g/mol. The number of aliphatic hydroxyl groups excluding tert-OH is 1. The van der Waals surface area contributed by atoms with Gasteiger partial charge in [-0.05, 0) is 6.92 Å². The van der Waals surface area contributed by atoms with Gasteiger partial charge in [-0.25, -0.2) is 0 Å². The summed E-state index contributed by atoms with van der Waals surface area (Å²) in [5.74, 6) is 0. The van der Waals surface area contributed by atoms with Crippen LogP contribution in [-0.4, -0.2) is 42.7 Å². The van der Waals surface area contributed by atoms with Gasteiger partial charge in [0.15, 0.2) is 0 Å². The van der Waals surface area contributed by atoms with E-state index in [1.54, 1.807) is 6.92 Å². The summed E-state index contributed by atoms with van der Waals surface area (Å²) < 4.78 is 0. The second-order valence-electron chi connectivity index (χ2n) is 1.48. The van der Waals surface area contributed by atoms with Gasteiger partial charge < -0.3 is 5.11 Å². The third-order valence-electron chi connectivity index (χ3n) is 0.698. The molecule has 0 saturated heterocycles. The van der Waals surface area contributed by atoms with E-state index >= 15 is 0 Å². The second-order valence-corrected chi connectivity index (χ2v) is 2.30. The van der Waals surface area contributed by atoms with Crippen LogP contribution in [0, 0.1) is 0 Å². The number of rotatable bonds is 1. The van der Waals surface area contributed by atoms with E-state index in [1.165, 1.54) is 0 Å². The van der Waals surface area contributed by atoms with Crippen LogP contribution >= 0.6 is 12.6 Å². The standard InChI is InChI=1S/C4H10OS.Bi/c1-3(5)4(2)6;/h3-6H,1-2H3;/q;+3. The van der Waals surface area contributed by atoms with Gasteiger partial charge in [-0.15, -0.1) is 0 Å². The van der Waals surface area contributed by atoms with Crippen molar-refractivity contribution in [2.45, 2.75) is 25.2 Å². The van der Waals surface area contributed by atoms with Crippen LogP contribution in [0.25, 0.3) is 0 Å². The van der Waals surface area contributed by atoms with Crippen LogP contribution in [0.2, 0.25) is 0 Å². The molecule has 0 spiro atoms. The Kier molecular flexibility index (Phi) is 8.42. The Bertz CT molecular complexity index is 32.7. The van der Waals surface area contributed by atoms with E-state index in [-0.39, 0.29) is 37.6 Å². The first kappa shape index (κ1) is 11.1. The fourth-order valence-electron chi connectivity index (χ4n) is 0. The second kappa shape index (κ2) is 5.33. The molecule has 40 valence electrons. The Balaban J connectivity index is 0. The summed E-state index contributed by atoms with van der Waals surface area (Å²) in [4.78, 5) is 0. The molecule has 1 N–H and O–H groups in total. The third kappa shape index (κ3) is 7.19. The smallest absolute Gasteiger partial charge is 0.392 e. The monoisotopic (exact) mass is 315 g/mol. The zero-order chi connectivity index (χ0) is 5.15. The fraction of sp³-hybridized carbons (Fsp3) is 1.00. The van der Waals surface area contributed by atoms with Gasteiger partial charge in [0.05, 0.1) is 6.10 Å². The van der Waals surface area contributed by atoms with Crippen LogP contribution in [0.4, 0.5) is 0 Å². The summed E-state index contributed by atoms with van der Waals surface area (Å²) in [6.07, 6.45) is -0.284. The van der Waals surface area contributed by atoms with Crippen molar-refractivity contribution in [3.8, 4) is 0 Å². The molecule has 0 rings (SSSR count). The molecular weight excluding hydrogens is 305 g/mol. The molecule has 0 saturated carbocycles. The van der Waals surface area contributed by atoms with Crippen molar-refractivity contribution in [1.82, 2.24) is 0 Å². The normalized spacial score (nSPS) is 17.1. The van der Waals surface area contributed by atoms with Crippen molar-refractivity contribution in [3.05, 3.63) is 0 Å². The SMILES string of the molecule is CC(O)C(C)S.[Bi+3]. The summed E-state index contributed by atoms with van der Waals surface area (Å²) in [5, 5.41) is 8.66. The number of hydrogen-bond donors (Lipinski definition) is 2. The molecule has 7 heavy (non-hydrogen) atoms. The molecule has 0 aromatic carbocycles. The molecule has 0 aromatic rings. The van der Waals surface area contributed by atoms with Gasteiger partial charge in [0.25, 0.3) is 0 Å². The Morgan fingerprint density at radius 1 is 1.43 bits per heavy atom. The molecule has 1 nitrogen and oxygen atoms in total. The number of aliphatic hydroxyl groups is 1. The molecule has 0 aromatic heterocycles. The van der Waals surface area contributed by atoms with E-state index in [0.29, 0.717) is 0 Å². The first-order chi connectivity index (χ1) is 2.64. The minimum Gasteiger partial charge on any atom is -0.392 e. The first-order valence-electron chi connectivity index (χ1n) is 2.00. The van der Waals surface area contributed by atoms with Crippen LogP contribution in [0.15, 0.2) is 0 Å². The molecule has 0 heterocycles. The summed E-state index contributed by atoms with van der Waals surface area (Å²) in [6.45, 7) is 3.57. The van der Waals surface area contributed by atoms with Gasteiger partial charge in [-0.2, -0.15) is 12.6 Å². The fourth-order valence-corrected chi connectivity index (χ4v) is 0. The van der Waals surface area contributed by atoms with Crippen molar-refractivity contribution in [1.29, 1.82) is 0 Å². The molecule has 3 heteroatoms. The summed E-state index contributed by atoms with van der Waals surface area (Å²) in [7, 11) is 0. The molecule has 0 fully saturated rings. The molecule has 2 atom stereocenters. The quantitative estimate of drug-likeness (QED) is 0.527. The number of hydrogen-bond acceptors (Lipinski definition) is 2. The summed E-state index contributed by atoms with van der Waals surface area (Å²) in [6, 6.07) is 0. The van der Waals surface area contributed by atoms with Gasteiger partial charge in [0.1, 0.15) is 0 Å². The maximum Gasteiger partial charge on any atom is 3.00 e. The summed E-state index contributed by atoms with van der Waals surface area (Å²) >= 11 is 3.94. The Morgan fingerprint density at radius 2 is 1.57 bits per heavy atom. The molecule has 2 radical (unpaired) electrons. The van der Waals surface area contributed by atoms with Gasteiger partial charge >= 0.3 is 26.2 Å². The van der Waals surface area contributed by atoms with Gasteiger partial charge in [-0.1, -0.05) is 6.92 Å². The minimum atomic E-state index is -0.284. The molecule has 0 aliphatic carbocycles. The van der Waals surface area contributed by atoms with Gasteiger partial charge in [-0.3, -0.25) is 0 Å². The maximum atomic E-state index is 8.55. The predicted molar refractivity (Wildman–Crippen MR) is 35.9 cm³/mol. The predicted octanol–water partition coefficient (Wildman–Crippen LogP) is 0.305. The van der Waals surface area contributed by atoms with E-state index in [4.69, 9.17) is 5.11 Å². The van der Waals surface area contributed by atoms with Crippen LogP contribution in [0.3, 0.4) is 0 Å². The molecule has 0 bridgehead atoms. The van der Waals surface area contributed by atoms with E-state index in [9.17, 15) is 0 Å². The first-order valence-corrected chi connectivity index (χ1v) is 2.52.